The third kappa shape index (κ3) is 3.31. The molecule has 22 heavy (non-hydrogen) atoms. The van der Waals surface area contributed by atoms with Crippen LogP contribution in [0, 0.1) is 0 Å². The monoisotopic (exact) mass is 300 g/mol. The van der Waals surface area contributed by atoms with Gasteiger partial charge in [-0.15, -0.1) is 0 Å². The molecule has 3 rings (SSSR count). The fourth-order valence-electron chi connectivity index (χ4n) is 2.18. The van der Waals surface area contributed by atoms with Crippen LogP contribution in [-0.4, -0.2) is 26.3 Å². The summed E-state index contributed by atoms with van der Waals surface area (Å²) in [6.45, 7) is 1.07. The topological polar surface area (TPSA) is 54.0 Å². The fourth-order valence-corrected chi connectivity index (χ4v) is 2.18. The van der Waals surface area contributed by atoms with Gasteiger partial charge in [-0.05, 0) is 42.0 Å². The molecule has 0 saturated heterocycles. The number of methoxy groups -OCH3 is 1. The van der Waals surface area contributed by atoms with Crippen molar-refractivity contribution >= 4 is 5.97 Å². The van der Waals surface area contributed by atoms with Gasteiger partial charge < -0.3 is 18.9 Å². The molecule has 1 aliphatic rings. The number of benzene rings is 2. The molecule has 2 aromatic rings. The number of carbonyl (C=O) groups excluding carboxylic acids is 1. The van der Waals surface area contributed by atoms with Crippen molar-refractivity contribution in [3.8, 4) is 23.0 Å². The fraction of sp³-hybridized carbons (Fsp3) is 0.235. The van der Waals surface area contributed by atoms with Crippen molar-refractivity contribution in [3.05, 3.63) is 48.0 Å². The van der Waals surface area contributed by atoms with Gasteiger partial charge in [0.15, 0.2) is 11.5 Å². The van der Waals surface area contributed by atoms with Crippen LogP contribution in [-0.2, 0) is 11.2 Å². The maximum absolute atomic E-state index is 12.0. The molecule has 1 heterocycles. The lowest BCUT2D eigenvalue weighted by Crippen LogP contribution is -2.16. The van der Waals surface area contributed by atoms with E-state index in [1.54, 1.807) is 31.4 Å². The molecule has 2 aromatic carbocycles. The number of ether oxygens (including phenoxy) is 4. The zero-order valence-electron chi connectivity index (χ0n) is 12.2. The van der Waals surface area contributed by atoms with Crippen LogP contribution in [0.5, 0.6) is 23.0 Å². The van der Waals surface area contributed by atoms with E-state index in [2.05, 4.69) is 0 Å². The first kappa shape index (κ1) is 14.3. The molecule has 0 saturated carbocycles. The summed E-state index contributed by atoms with van der Waals surface area (Å²) in [5.41, 5.74) is 0.822. The van der Waals surface area contributed by atoms with Crippen molar-refractivity contribution in [2.24, 2.45) is 0 Å². The summed E-state index contributed by atoms with van der Waals surface area (Å²) < 4.78 is 21.3. The van der Waals surface area contributed by atoms with Crippen LogP contribution in [0.1, 0.15) is 5.56 Å². The molecule has 1 aliphatic heterocycles. The quantitative estimate of drug-likeness (QED) is 0.642. The third-order valence-electron chi connectivity index (χ3n) is 3.25. The highest BCUT2D eigenvalue weighted by Gasteiger charge is 2.14. The van der Waals surface area contributed by atoms with Crippen molar-refractivity contribution in [2.45, 2.75) is 6.42 Å². The van der Waals surface area contributed by atoms with Gasteiger partial charge in [-0.2, -0.15) is 0 Å². The molecule has 0 aliphatic carbocycles. The van der Waals surface area contributed by atoms with Crippen molar-refractivity contribution in [3.63, 3.8) is 0 Å². The van der Waals surface area contributed by atoms with Gasteiger partial charge in [-0.1, -0.05) is 6.07 Å². The van der Waals surface area contributed by atoms with Gasteiger partial charge in [-0.3, -0.25) is 4.79 Å². The van der Waals surface area contributed by atoms with Gasteiger partial charge in [0.25, 0.3) is 0 Å². The number of fused-ring (bicyclic) bond motifs is 1. The second kappa shape index (κ2) is 6.39. The van der Waals surface area contributed by atoms with E-state index in [9.17, 15) is 4.79 Å². The van der Waals surface area contributed by atoms with E-state index in [1.165, 1.54) is 0 Å². The molecule has 0 bridgehead atoms. The molecule has 5 heteroatoms. The van der Waals surface area contributed by atoms with Gasteiger partial charge in [0.2, 0.25) is 0 Å². The van der Waals surface area contributed by atoms with Crippen LogP contribution < -0.4 is 18.9 Å². The zero-order chi connectivity index (χ0) is 15.4. The Bertz CT molecular complexity index is 663. The van der Waals surface area contributed by atoms with Crippen molar-refractivity contribution in [2.75, 3.05) is 20.3 Å². The predicted molar refractivity (Wildman–Crippen MR) is 79.8 cm³/mol. The van der Waals surface area contributed by atoms with E-state index < -0.39 is 0 Å². The molecule has 0 spiro atoms. The first-order valence-corrected chi connectivity index (χ1v) is 6.98. The Hall–Kier alpha value is -2.69. The molecule has 0 unspecified atom stereocenters. The van der Waals surface area contributed by atoms with Crippen LogP contribution in [0.4, 0.5) is 0 Å². The second-order valence-corrected chi connectivity index (χ2v) is 4.80. The Kier molecular flexibility index (Phi) is 4.14. The molecule has 0 amide bonds. The Morgan fingerprint density at radius 2 is 1.68 bits per heavy atom. The standard InChI is InChI=1S/C17H16O5/c1-19-13-3-5-14(6-4-13)22-17(18)11-12-2-7-15-16(10-12)21-9-8-20-15/h2-7,10H,8-9,11H2,1H3. The molecule has 5 nitrogen and oxygen atoms in total. The lowest BCUT2D eigenvalue weighted by atomic mass is 10.1. The van der Waals surface area contributed by atoms with Crippen molar-refractivity contribution in [1.29, 1.82) is 0 Å². The zero-order valence-corrected chi connectivity index (χ0v) is 12.2. The highest BCUT2D eigenvalue weighted by Crippen LogP contribution is 2.31. The van der Waals surface area contributed by atoms with Crippen LogP contribution >= 0.6 is 0 Å². The first-order valence-electron chi connectivity index (χ1n) is 6.98. The lowest BCUT2D eigenvalue weighted by Gasteiger charge is -2.18. The minimum absolute atomic E-state index is 0.169. The summed E-state index contributed by atoms with van der Waals surface area (Å²) in [4.78, 5) is 12.0. The van der Waals surface area contributed by atoms with Gasteiger partial charge in [0, 0.05) is 0 Å². The van der Waals surface area contributed by atoms with E-state index in [1.807, 2.05) is 18.2 Å². The van der Waals surface area contributed by atoms with Gasteiger partial charge in [0.1, 0.15) is 24.7 Å². The minimum Gasteiger partial charge on any atom is -0.497 e. The summed E-state index contributed by atoms with van der Waals surface area (Å²) in [5, 5.41) is 0. The van der Waals surface area contributed by atoms with E-state index in [4.69, 9.17) is 18.9 Å². The molecular formula is C17H16O5. The molecule has 0 N–H and O–H groups in total. The molecule has 0 radical (unpaired) electrons. The van der Waals surface area contributed by atoms with E-state index in [0.29, 0.717) is 36.2 Å². The molecular weight excluding hydrogens is 284 g/mol. The normalized spacial score (nSPS) is 12.6. The van der Waals surface area contributed by atoms with Crippen LogP contribution in [0.15, 0.2) is 42.5 Å². The highest BCUT2D eigenvalue weighted by molar-refractivity contribution is 5.75. The summed E-state index contributed by atoms with van der Waals surface area (Å²) in [7, 11) is 1.59. The smallest absolute Gasteiger partial charge is 0.315 e. The predicted octanol–water partition coefficient (Wildman–Crippen LogP) is 2.61. The maximum Gasteiger partial charge on any atom is 0.315 e. The average molecular weight is 300 g/mol. The average Bonchev–Trinajstić information content (AvgIpc) is 2.55. The Morgan fingerprint density at radius 1 is 1.00 bits per heavy atom. The van der Waals surface area contributed by atoms with E-state index in [-0.39, 0.29) is 12.4 Å². The maximum atomic E-state index is 12.0. The van der Waals surface area contributed by atoms with Crippen molar-refractivity contribution in [1.82, 2.24) is 0 Å². The second-order valence-electron chi connectivity index (χ2n) is 4.80. The number of esters is 1. The highest BCUT2D eigenvalue weighted by atomic mass is 16.6. The Morgan fingerprint density at radius 3 is 2.41 bits per heavy atom. The lowest BCUT2D eigenvalue weighted by molar-refractivity contribution is -0.133. The number of carbonyl (C=O) groups is 1. The summed E-state index contributed by atoms with van der Waals surface area (Å²) in [6.07, 6.45) is 0.169. The van der Waals surface area contributed by atoms with Gasteiger partial charge >= 0.3 is 5.97 Å². The Balaban J connectivity index is 1.63. The number of hydrogen-bond acceptors (Lipinski definition) is 5. The Labute approximate surface area is 128 Å². The molecule has 0 aromatic heterocycles. The van der Waals surface area contributed by atoms with E-state index >= 15 is 0 Å². The molecule has 0 fully saturated rings. The molecule has 114 valence electrons. The summed E-state index contributed by atoms with van der Waals surface area (Å²) in [6, 6.07) is 12.3. The molecule has 0 atom stereocenters. The first-order chi connectivity index (χ1) is 10.7. The van der Waals surface area contributed by atoms with Crippen LogP contribution in [0.25, 0.3) is 0 Å². The van der Waals surface area contributed by atoms with E-state index in [0.717, 1.165) is 5.56 Å². The van der Waals surface area contributed by atoms with Crippen LogP contribution in [0.2, 0.25) is 0 Å². The largest absolute Gasteiger partial charge is 0.497 e. The minimum atomic E-state index is -0.332. The van der Waals surface area contributed by atoms with Gasteiger partial charge in [-0.25, -0.2) is 0 Å². The summed E-state index contributed by atoms with van der Waals surface area (Å²) in [5.74, 6) is 2.25. The van der Waals surface area contributed by atoms with Crippen LogP contribution in [0.3, 0.4) is 0 Å². The van der Waals surface area contributed by atoms with Crippen molar-refractivity contribution < 1.29 is 23.7 Å². The third-order valence-corrected chi connectivity index (χ3v) is 3.25. The van der Waals surface area contributed by atoms with Gasteiger partial charge in [0.05, 0.1) is 13.5 Å². The number of hydrogen-bond donors (Lipinski definition) is 0. The number of rotatable bonds is 4. The SMILES string of the molecule is COc1ccc(OC(=O)Cc2ccc3c(c2)OCCO3)cc1. The summed E-state index contributed by atoms with van der Waals surface area (Å²) >= 11 is 0.